The number of carbonyl (C=O) groups is 1. The Morgan fingerprint density at radius 1 is 1.15 bits per heavy atom. The number of carbonyl (C=O) groups excluding carboxylic acids is 1. The molecule has 1 amide bonds. The summed E-state index contributed by atoms with van der Waals surface area (Å²) in [5.74, 6) is -1.21. The van der Waals surface area contributed by atoms with E-state index in [2.05, 4.69) is 5.32 Å². The lowest BCUT2D eigenvalue weighted by Gasteiger charge is -2.29. The van der Waals surface area contributed by atoms with Crippen molar-refractivity contribution in [3.63, 3.8) is 0 Å². The van der Waals surface area contributed by atoms with E-state index in [1.807, 2.05) is 0 Å². The number of sulfonamides is 1. The summed E-state index contributed by atoms with van der Waals surface area (Å²) in [5.41, 5.74) is 0. The number of likely N-dealkylation sites (N-methyl/N-ethyl adjacent to an activating group) is 1. The van der Waals surface area contributed by atoms with Gasteiger partial charge in [0.1, 0.15) is 9.84 Å². The number of nitrogens with one attached hydrogen (secondary N) is 1. The molecule has 1 N–H and O–H groups in total. The predicted molar refractivity (Wildman–Crippen MR) is 75.6 cm³/mol. The van der Waals surface area contributed by atoms with Gasteiger partial charge < -0.3 is 10.2 Å². The Morgan fingerprint density at radius 3 is 2.20 bits per heavy atom. The highest BCUT2D eigenvalue weighted by atomic mass is 32.2. The molecule has 0 aromatic heterocycles. The number of hydrogen-bond donors (Lipinski definition) is 1. The van der Waals surface area contributed by atoms with Gasteiger partial charge in [-0.15, -0.1) is 0 Å². The molecule has 1 aliphatic heterocycles. The fraction of sp³-hybridized carbons (Fsp3) is 0.900. The Morgan fingerprint density at radius 2 is 1.70 bits per heavy atom. The van der Waals surface area contributed by atoms with E-state index in [0.29, 0.717) is 26.2 Å². The molecule has 1 rings (SSSR count). The van der Waals surface area contributed by atoms with E-state index < -0.39 is 31.4 Å². The van der Waals surface area contributed by atoms with Gasteiger partial charge in [0.25, 0.3) is 0 Å². The molecule has 1 fully saturated rings. The lowest BCUT2D eigenvalue weighted by molar-refractivity contribution is -0.131. The summed E-state index contributed by atoms with van der Waals surface area (Å²) in [4.78, 5) is 13.5. The van der Waals surface area contributed by atoms with Gasteiger partial charge in [-0.2, -0.15) is 4.31 Å². The first-order chi connectivity index (χ1) is 9.12. The highest BCUT2D eigenvalue weighted by Gasteiger charge is 2.25. The highest BCUT2D eigenvalue weighted by molar-refractivity contribution is 7.93. The molecule has 0 aliphatic carbocycles. The van der Waals surface area contributed by atoms with Gasteiger partial charge >= 0.3 is 0 Å². The van der Waals surface area contributed by atoms with Crippen LogP contribution in [0.1, 0.15) is 0 Å². The topological polar surface area (TPSA) is 104 Å². The van der Waals surface area contributed by atoms with Crippen molar-refractivity contribution in [1.29, 1.82) is 0 Å². The zero-order valence-corrected chi connectivity index (χ0v) is 13.3. The molecule has 20 heavy (non-hydrogen) atoms. The van der Waals surface area contributed by atoms with E-state index in [1.165, 1.54) is 7.05 Å². The quantitative estimate of drug-likeness (QED) is 0.590. The van der Waals surface area contributed by atoms with Gasteiger partial charge in [0.05, 0.1) is 18.1 Å². The molecule has 1 saturated heterocycles. The summed E-state index contributed by atoms with van der Waals surface area (Å²) in [7, 11) is -5.80. The third kappa shape index (κ3) is 5.73. The van der Waals surface area contributed by atoms with Crippen molar-refractivity contribution >= 4 is 25.8 Å². The summed E-state index contributed by atoms with van der Waals surface area (Å²) in [6.07, 6.45) is 0.981. The zero-order valence-electron chi connectivity index (χ0n) is 11.7. The van der Waals surface area contributed by atoms with Crippen LogP contribution in [-0.2, 0) is 24.7 Å². The molecule has 8 nitrogen and oxygen atoms in total. The first-order valence-electron chi connectivity index (χ1n) is 6.22. The molecular formula is C10H21N3O5S2. The van der Waals surface area contributed by atoms with E-state index in [-0.39, 0.29) is 12.5 Å². The van der Waals surface area contributed by atoms with Crippen LogP contribution in [-0.4, -0.2) is 89.5 Å². The van der Waals surface area contributed by atoms with Crippen LogP contribution < -0.4 is 5.32 Å². The van der Waals surface area contributed by atoms with Crippen LogP contribution in [0.2, 0.25) is 0 Å². The smallest absolute Gasteiger partial charge is 0.237 e. The van der Waals surface area contributed by atoms with E-state index in [1.54, 1.807) is 4.90 Å². The van der Waals surface area contributed by atoms with Gasteiger partial charge in [-0.1, -0.05) is 0 Å². The monoisotopic (exact) mass is 327 g/mol. The third-order valence-corrected chi connectivity index (χ3v) is 6.02. The minimum Gasteiger partial charge on any atom is -0.339 e. The Bertz CT molecular complexity index is 537. The largest absolute Gasteiger partial charge is 0.339 e. The number of piperazine rings is 1. The second-order valence-corrected chi connectivity index (χ2v) is 9.29. The van der Waals surface area contributed by atoms with Crippen molar-refractivity contribution in [2.45, 2.75) is 0 Å². The maximum atomic E-state index is 11.9. The average Bonchev–Trinajstić information content (AvgIpc) is 2.36. The maximum absolute atomic E-state index is 11.9. The fourth-order valence-corrected chi connectivity index (χ4v) is 4.39. The first-order valence-corrected chi connectivity index (χ1v) is 9.89. The summed E-state index contributed by atoms with van der Waals surface area (Å²) in [6, 6.07) is 0. The standard InChI is InChI=1S/C10H21N3O5S2/c1-12(20(17,18)8-7-19(2,15)16)9-10(14)13-5-3-11-4-6-13/h11H,3-9H2,1-2H3. The normalized spacial score (nSPS) is 17.4. The van der Waals surface area contributed by atoms with Gasteiger partial charge in [0.2, 0.25) is 15.9 Å². The van der Waals surface area contributed by atoms with Gasteiger partial charge in [-0.3, -0.25) is 4.79 Å². The molecule has 0 aromatic rings. The van der Waals surface area contributed by atoms with Crippen LogP contribution in [0.25, 0.3) is 0 Å². The molecular weight excluding hydrogens is 306 g/mol. The van der Waals surface area contributed by atoms with Crippen LogP contribution >= 0.6 is 0 Å². The molecule has 0 spiro atoms. The first kappa shape index (κ1) is 17.3. The van der Waals surface area contributed by atoms with Crippen molar-refractivity contribution in [2.24, 2.45) is 0 Å². The summed E-state index contributed by atoms with van der Waals surface area (Å²) in [5, 5.41) is 3.10. The van der Waals surface area contributed by atoms with E-state index >= 15 is 0 Å². The molecule has 0 atom stereocenters. The Labute approximate surface area is 120 Å². The number of amides is 1. The Kier molecular flexibility index (Phi) is 5.92. The molecule has 118 valence electrons. The molecule has 0 aromatic carbocycles. The second-order valence-electron chi connectivity index (χ2n) is 4.83. The van der Waals surface area contributed by atoms with E-state index in [9.17, 15) is 21.6 Å². The van der Waals surface area contributed by atoms with Crippen LogP contribution in [0.4, 0.5) is 0 Å². The number of sulfone groups is 1. The zero-order chi connectivity index (χ0) is 15.4. The number of hydrogen-bond acceptors (Lipinski definition) is 6. The fourth-order valence-electron chi connectivity index (χ4n) is 1.72. The van der Waals surface area contributed by atoms with Crippen LogP contribution in [0.5, 0.6) is 0 Å². The van der Waals surface area contributed by atoms with Crippen LogP contribution in [0.15, 0.2) is 0 Å². The summed E-state index contributed by atoms with van der Waals surface area (Å²) >= 11 is 0. The lowest BCUT2D eigenvalue weighted by atomic mass is 10.3. The van der Waals surface area contributed by atoms with E-state index in [4.69, 9.17) is 0 Å². The molecule has 1 aliphatic rings. The second kappa shape index (κ2) is 6.83. The minimum absolute atomic E-state index is 0.258. The molecule has 0 radical (unpaired) electrons. The van der Waals surface area contributed by atoms with Crippen molar-refractivity contribution in [1.82, 2.24) is 14.5 Å². The molecule has 0 bridgehead atoms. The molecule has 10 heteroatoms. The summed E-state index contributed by atoms with van der Waals surface area (Å²) in [6.45, 7) is 2.23. The predicted octanol–water partition coefficient (Wildman–Crippen LogP) is -2.28. The molecule has 0 unspecified atom stereocenters. The average molecular weight is 327 g/mol. The number of nitrogens with zero attached hydrogens (tertiary/aromatic N) is 2. The van der Waals surface area contributed by atoms with Crippen molar-refractivity contribution in [2.75, 3.05) is 57.5 Å². The number of rotatable bonds is 6. The van der Waals surface area contributed by atoms with Crippen LogP contribution in [0.3, 0.4) is 0 Å². The van der Waals surface area contributed by atoms with Gasteiger partial charge in [0, 0.05) is 39.5 Å². The summed E-state index contributed by atoms with van der Waals surface area (Å²) < 4.78 is 46.7. The SMILES string of the molecule is CN(CC(=O)N1CCNCC1)S(=O)(=O)CCS(C)(=O)=O. The van der Waals surface area contributed by atoms with Crippen molar-refractivity contribution in [3.8, 4) is 0 Å². The van der Waals surface area contributed by atoms with Gasteiger partial charge in [-0.05, 0) is 0 Å². The lowest BCUT2D eigenvalue weighted by Crippen LogP contribution is -2.50. The molecule has 0 saturated carbocycles. The van der Waals surface area contributed by atoms with Crippen molar-refractivity contribution in [3.05, 3.63) is 0 Å². The Balaban J connectivity index is 2.55. The Hall–Kier alpha value is -0.710. The van der Waals surface area contributed by atoms with Crippen molar-refractivity contribution < 1.29 is 21.6 Å². The third-order valence-electron chi connectivity index (χ3n) is 3.01. The van der Waals surface area contributed by atoms with Gasteiger partial charge in [0.15, 0.2) is 0 Å². The minimum atomic E-state index is -3.74. The van der Waals surface area contributed by atoms with Gasteiger partial charge in [-0.25, -0.2) is 16.8 Å². The molecule has 1 heterocycles. The van der Waals surface area contributed by atoms with Crippen LogP contribution in [0, 0.1) is 0 Å². The highest BCUT2D eigenvalue weighted by Crippen LogP contribution is 2.02. The maximum Gasteiger partial charge on any atom is 0.237 e. The van der Waals surface area contributed by atoms with E-state index in [0.717, 1.165) is 10.6 Å².